The van der Waals surface area contributed by atoms with Crippen LogP contribution in [0.4, 0.5) is 0 Å². The topological polar surface area (TPSA) is 155 Å². The molecule has 1 unspecified atom stereocenters. The summed E-state index contributed by atoms with van der Waals surface area (Å²) in [6.45, 7) is 3.23. The third kappa shape index (κ3) is 43.5. The number of hydrogen-bond donors (Lipinski definition) is 3. The predicted octanol–water partition coefficient (Wildman–Crippen LogP) is 12.5. The van der Waals surface area contributed by atoms with Gasteiger partial charge < -0.3 is 25.2 Å². The van der Waals surface area contributed by atoms with Gasteiger partial charge in [0.25, 0.3) is 0 Å². The van der Waals surface area contributed by atoms with E-state index >= 15 is 0 Å². The minimum Gasteiger partial charge on any atom is -0.462 e. The summed E-state index contributed by atoms with van der Waals surface area (Å²) in [4.78, 5) is 34.9. The zero-order chi connectivity index (χ0) is 42.6. The first-order valence-corrected chi connectivity index (χ1v) is 24.6. The number of phosphoric ester groups is 1. The molecule has 0 heterocycles. The monoisotopic (exact) mass is 840 g/mol. The van der Waals surface area contributed by atoms with Crippen LogP contribution in [0.5, 0.6) is 0 Å². The maximum absolute atomic E-state index is 12.6. The summed E-state index contributed by atoms with van der Waals surface area (Å²) in [5.74, 6) is -0.906. The number of aliphatic hydroxyl groups excluding tert-OH is 1. The highest BCUT2D eigenvalue weighted by molar-refractivity contribution is 7.47. The van der Waals surface area contributed by atoms with Gasteiger partial charge in [0, 0.05) is 19.4 Å². The highest BCUT2D eigenvalue weighted by Gasteiger charge is 2.26. The Bertz CT molecular complexity index is 1110. The first-order valence-electron chi connectivity index (χ1n) is 23.1. The Kier molecular flexibility index (Phi) is 41.5. The van der Waals surface area contributed by atoms with Gasteiger partial charge in [-0.25, -0.2) is 4.57 Å². The van der Waals surface area contributed by atoms with Crippen molar-refractivity contribution in [2.45, 2.75) is 212 Å². The van der Waals surface area contributed by atoms with Gasteiger partial charge in [-0.15, -0.1) is 0 Å². The molecule has 0 radical (unpaired) electrons. The van der Waals surface area contributed by atoms with Crippen LogP contribution in [0.25, 0.3) is 0 Å². The molecule has 0 spiro atoms. The van der Waals surface area contributed by atoms with Crippen molar-refractivity contribution >= 4 is 19.8 Å². The van der Waals surface area contributed by atoms with Gasteiger partial charge in [-0.05, 0) is 64.7 Å². The molecule has 0 amide bonds. The molecule has 0 aliphatic heterocycles. The number of carbonyl (C=O) groups is 2. The van der Waals surface area contributed by atoms with E-state index in [0.29, 0.717) is 12.8 Å². The second kappa shape index (κ2) is 43.0. The second-order valence-electron chi connectivity index (χ2n) is 15.6. The molecule has 0 bridgehead atoms. The number of phosphoric acid groups is 1. The average Bonchev–Trinajstić information content (AvgIpc) is 3.20. The zero-order valence-electron chi connectivity index (χ0n) is 36.9. The van der Waals surface area contributed by atoms with Gasteiger partial charge >= 0.3 is 19.8 Å². The van der Waals surface area contributed by atoms with E-state index < -0.39 is 32.5 Å². The van der Waals surface area contributed by atoms with E-state index in [1.54, 1.807) is 0 Å². The van der Waals surface area contributed by atoms with Gasteiger partial charge in [0.2, 0.25) is 0 Å². The molecule has 338 valence electrons. The second-order valence-corrected chi connectivity index (χ2v) is 17.0. The average molecular weight is 840 g/mol. The quantitative estimate of drug-likeness (QED) is 0.0234. The molecule has 3 atom stereocenters. The first-order chi connectivity index (χ1) is 28.2. The van der Waals surface area contributed by atoms with E-state index in [2.05, 4.69) is 49.5 Å². The molecule has 0 fully saturated rings. The summed E-state index contributed by atoms with van der Waals surface area (Å²) in [6.07, 6.45) is 47.1. The maximum atomic E-state index is 12.6. The molecule has 0 aromatic heterocycles. The summed E-state index contributed by atoms with van der Waals surface area (Å²) in [5, 5.41) is 9.27. The number of unbranched alkanes of at least 4 members (excludes halogenated alkanes) is 20. The molecule has 0 saturated heterocycles. The van der Waals surface area contributed by atoms with Crippen molar-refractivity contribution in [1.82, 2.24) is 0 Å². The summed E-state index contributed by atoms with van der Waals surface area (Å²) < 4.78 is 32.8. The molecule has 11 heteroatoms. The lowest BCUT2D eigenvalue weighted by Crippen LogP contribution is -2.29. The molecule has 0 saturated carbocycles. The minimum absolute atomic E-state index is 0.0409. The summed E-state index contributed by atoms with van der Waals surface area (Å²) in [7, 11) is -4.40. The van der Waals surface area contributed by atoms with Crippen LogP contribution in [0.15, 0.2) is 48.6 Å². The van der Waals surface area contributed by atoms with Crippen LogP contribution in [-0.4, -0.2) is 60.5 Å². The Hall–Kier alpha value is -2.07. The van der Waals surface area contributed by atoms with Crippen LogP contribution in [0.2, 0.25) is 0 Å². The molecular weight excluding hydrogens is 753 g/mol. The molecule has 0 aliphatic rings. The van der Waals surface area contributed by atoms with Crippen LogP contribution in [0.3, 0.4) is 0 Å². The molecule has 10 nitrogen and oxygen atoms in total. The number of hydrogen-bond acceptors (Lipinski definition) is 9. The van der Waals surface area contributed by atoms with Crippen LogP contribution in [0.1, 0.15) is 200 Å². The Morgan fingerprint density at radius 1 is 0.586 bits per heavy atom. The molecular formula is C47H86NO9P. The van der Waals surface area contributed by atoms with E-state index in [9.17, 15) is 24.2 Å². The largest absolute Gasteiger partial charge is 0.472 e. The fraction of sp³-hybridized carbons (Fsp3) is 0.787. The molecule has 0 aromatic rings. The minimum atomic E-state index is -4.40. The lowest BCUT2D eigenvalue weighted by atomic mass is 10.0. The van der Waals surface area contributed by atoms with Gasteiger partial charge in [0.05, 0.1) is 19.3 Å². The SMILES string of the molecule is CCCCCCCCCCCCCCCCCCCCCC(=O)O[C@H](COC(=O)CCC/C=C\C/C=C\C/C=C\C/C=C\CCC[C@@H](C)O)COP(=O)(O)OCCN. The fourth-order valence-corrected chi connectivity index (χ4v) is 7.06. The molecule has 0 aromatic carbocycles. The third-order valence-electron chi connectivity index (χ3n) is 9.74. The summed E-state index contributed by atoms with van der Waals surface area (Å²) in [6, 6.07) is 0. The summed E-state index contributed by atoms with van der Waals surface area (Å²) in [5.41, 5.74) is 5.35. The number of carbonyl (C=O) groups excluding carboxylic acids is 2. The van der Waals surface area contributed by atoms with E-state index in [1.807, 2.05) is 13.0 Å². The number of aliphatic hydroxyl groups is 1. The Labute approximate surface area is 354 Å². The number of esters is 2. The number of rotatable bonds is 43. The van der Waals surface area contributed by atoms with E-state index in [4.69, 9.17) is 24.3 Å². The van der Waals surface area contributed by atoms with Gasteiger partial charge in [0.1, 0.15) is 6.61 Å². The molecule has 0 aliphatic carbocycles. The van der Waals surface area contributed by atoms with Crippen molar-refractivity contribution in [1.29, 1.82) is 0 Å². The predicted molar refractivity (Wildman–Crippen MR) is 239 cm³/mol. The van der Waals surface area contributed by atoms with E-state index in [-0.39, 0.29) is 38.7 Å². The van der Waals surface area contributed by atoms with Crippen molar-refractivity contribution in [3.05, 3.63) is 48.6 Å². The Morgan fingerprint density at radius 3 is 1.48 bits per heavy atom. The molecule has 4 N–H and O–H groups in total. The smallest absolute Gasteiger partial charge is 0.462 e. The van der Waals surface area contributed by atoms with Crippen molar-refractivity contribution in [3.63, 3.8) is 0 Å². The van der Waals surface area contributed by atoms with Gasteiger partial charge in [-0.3, -0.25) is 18.6 Å². The standard InChI is InChI=1S/C47H86NO9P/c1-3-4-5-6-7-8-9-10-11-12-13-14-17-21-24-27-30-33-36-39-47(51)57-45(43-56-58(52,53)55-41-40-48)42-54-46(50)38-35-32-29-26-23-20-18-15-16-19-22-25-28-31-34-37-44(2)49/h16,18-20,25-26,28-29,44-45,49H,3-15,17,21-24,27,30-43,48H2,1-2H3,(H,52,53)/b19-16-,20-18-,28-25-,29-26-/t44-,45-/m1/s1. The van der Waals surface area contributed by atoms with E-state index in [1.165, 1.54) is 96.3 Å². The zero-order valence-corrected chi connectivity index (χ0v) is 37.8. The number of nitrogens with two attached hydrogens (primary N) is 1. The Morgan fingerprint density at radius 2 is 1.02 bits per heavy atom. The highest BCUT2D eigenvalue weighted by atomic mass is 31.2. The third-order valence-corrected chi connectivity index (χ3v) is 10.7. The molecule has 0 rings (SSSR count). The van der Waals surface area contributed by atoms with Crippen molar-refractivity contribution in [2.24, 2.45) is 5.73 Å². The lowest BCUT2D eigenvalue weighted by molar-refractivity contribution is -0.161. The van der Waals surface area contributed by atoms with Gasteiger partial charge in [-0.2, -0.15) is 0 Å². The highest BCUT2D eigenvalue weighted by Crippen LogP contribution is 2.43. The maximum Gasteiger partial charge on any atom is 0.472 e. The van der Waals surface area contributed by atoms with Crippen LogP contribution >= 0.6 is 7.82 Å². The summed E-state index contributed by atoms with van der Waals surface area (Å²) >= 11 is 0. The van der Waals surface area contributed by atoms with Gasteiger partial charge in [0.15, 0.2) is 6.10 Å². The Balaban J connectivity index is 4.18. The number of allylic oxidation sites excluding steroid dienone is 8. The van der Waals surface area contributed by atoms with Crippen molar-refractivity contribution in [2.75, 3.05) is 26.4 Å². The van der Waals surface area contributed by atoms with Gasteiger partial charge in [-0.1, -0.05) is 171 Å². The van der Waals surface area contributed by atoms with Crippen LogP contribution in [-0.2, 0) is 32.7 Å². The lowest BCUT2D eigenvalue weighted by Gasteiger charge is -2.19. The van der Waals surface area contributed by atoms with Crippen LogP contribution in [0, 0.1) is 0 Å². The van der Waals surface area contributed by atoms with Crippen molar-refractivity contribution in [3.8, 4) is 0 Å². The first kappa shape index (κ1) is 55.9. The molecule has 58 heavy (non-hydrogen) atoms. The fourth-order valence-electron chi connectivity index (χ4n) is 6.29. The van der Waals surface area contributed by atoms with Crippen molar-refractivity contribution < 1.29 is 42.7 Å². The number of ether oxygens (including phenoxy) is 2. The normalized spacial score (nSPS) is 14.2. The van der Waals surface area contributed by atoms with Crippen LogP contribution < -0.4 is 5.73 Å². The van der Waals surface area contributed by atoms with E-state index in [0.717, 1.165) is 64.2 Å².